The van der Waals surface area contributed by atoms with Crippen LogP contribution in [0.4, 0.5) is 0 Å². The van der Waals surface area contributed by atoms with Gasteiger partial charge in [-0.15, -0.1) is 12.3 Å². The van der Waals surface area contributed by atoms with Crippen LogP contribution in [0.1, 0.15) is 25.3 Å². The minimum absolute atomic E-state index is 0.420. The van der Waals surface area contributed by atoms with Crippen molar-refractivity contribution in [2.45, 2.75) is 26.2 Å². The third kappa shape index (κ3) is 3.80. The first-order chi connectivity index (χ1) is 6.33. The second-order valence-electron chi connectivity index (χ2n) is 3.45. The van der Waals surface area contributed by atoms with E-state index < -0.39 is 0 Å². The zero-order chi connectivity index (χ0) is 9.52. The van der Waals surface area contributed by atoms with Crippen LogP contribution in [0.5, 0.6) is 0 Å². The fraction of sp³-hybridized carbons (Fsp3) is 0.385. The fourth-order valence-electron chi connectivity index (χ4n) is 1.34. The summed E-state index contributed by atoms with van der Waals surface area (Å²) in [6.45, 7) is 2.10. The summed E-state index contributed by atoms with van der Waals surface area (Å²) in [5, 5.41) is 0. The molecule has 0 heteroatoms. The van der Waals surface area contributed by atoms with Crippen LogP contribution in [0.2, 0.25) is 0 Å². The second kappa shape index (κ2) is 5.43. The molecule has 0 amide bonds. The molecule has 0 N–H and O–H groups in total. The lowest BCUT2D eigenvalue weighted by Gasteiger charge is -2.03. The molecule has 0 saturated carbocycles. The average Bonchev–Trinajstić information content (AvgIpc) is 2.19. The lowest BCUT2D eigenvalue weighted by Crippen LogP contribution is -1.92. The molecule has 0 aliphatic carbocycles. The van der Waals surface area contributed by atoms with E-state index in [-0.39, 0.29) is 0 Å². The van der Waals surface area contributed by atoms with Crippen molar-refractivity contribution in [2.24, 2.45) is 5.92 Å². The topological polar surface area (TPSA) is 0 Å². The number of hydrogen-bond acceptors (Lipinski definition) is 0. The summed E-state index contributed by atoms with van der Waals surface area (Å²) >= 11 is 0. The predicted octanol–water partition coefficient (Wildman–Crippen LogP) is 3.28. The van der Waals surface area contributed by atoms with E-state index in [0.717, 1.165) is 12.8 Å². The van der Waals surface area contributed by atoms with Gasteiger partial charge in [0, 0.05) is 5.92 Å². The Hall–Kier alpha value is -1.22. The van der Waals surface area contributed by atoms with Crippen molar-refractivity contribution in [1.82, 2.24) is 0 Å². The molecule has 1 rings (SSSR count). The number of hydrogen-bond donors (Lipinski definition) is 0. The van der Waals surface area contributed by atoms with Crippen molar-refractivity contribution in [1.29, 1.82) is 0 Å². The summed E-state index contributed by atoms with van der Waals surface area (Å²) in [7, 11) is 0. The Bertz CT molecular complexity index is 266. The molecule has 1 aromatic rings. The summed E-state index contributed by atoms with van der Waals surface area (Å²) in [5.41, 5.74) is 1.41. The molecule has 0 bridgehead atoms. The molecule has 0 radical (unpaired) electrons. The van der Waals surface area contributed by atoms with Gasteiger partial charge in [0.1, 0.15) is 0 Å². The fourth-order valence-corrected chi connectivity index (χ4v) is 1.34. The summed E-state index contributed by atoms with van der Waals surface area (Å²) in [4.78, 5) is 0. The van der Waals surface area contributed by atoms with Crippen molar-refractivity contribution in [3.63, 3.8) is 0 Å². The maximum Gasteiger partial charge on any atom is 0.0172 e. The van der Waals surface area contributed by atoms with E-state index in [9.17, 15) is 0 Å². The quantitative estimate of drug-likeness (QED) is 0.611. The second-order valence-corrected chi connectivity index (χ2v) is 3.45. The summed E-state index contributed by atoms with van der Waals surface area (Å²) < 4.78 is 0. The highest BCUT2D eigenvalue weighted by atomic mass is 14.0. The van der Waals surface area contributed by atoms with Gasteiger partial charge >= 0.3 is 0 Å². The van der Waals surface area contributed by atoms with Crippen molar-refractivity contribution in [3.8, 4) is 12.3 Å². The van der Waals surface area contributed by atoms with E-state index in [4.69, 9.17) is 6.42 Å². The maximum atomic E-state index is 5.30. The van der Waals surface area contributed by atoms with Crippen LogP contribution in [0.15, 0.2) is 30.3 Å². The average molecular weight is 172 g/mol. The zero-order valence-electron chi connectivity index (χ0n) is 8.16. The zero-order valence-corrected chi connectivity index (χ0v) is 8.16. The molecule has 0 aliphatic rings. The Morgan fingerprint density at radius 2 is 2.00 bits per heavy atom. The van der Waals surface area contributed by atoms with Gasteiger partial charge in [0.25, 0.3) is 0 Å². The SMILES string of the molecule is C#CC(C)CCCc1ccccc1. The van der Waals surface area contributed by atoms with Gasteiger partial charge in [0.15, 0.2) is 0 Å². The van der Waals surface area contributed by atoms with Crippen molar-refractivity contribution < 1.29 is 0 Å². The molecule has 0 aliphatic heterocycles. The number of terminal acetylenes is 1. The molecule has 0 nitrogen and oxygen atoms in total. The van der Waals surface area contributed by atoms with E-state index in [2.05, 4.69) is 37.1 Å². The first kappa shape index (κ1) is 9.86. The van der Waals surface area contributed by atoms with Gasteiger partial charge in [-0.2, -0.15) is 0 Å². The highest BCUT2D eigenvalue weighted by Crippen LogP contribution is 2.09. The van der Waals surface area contributed by atoms with Crippen LogP contribution in [0.3, 0.4) is 0 Å². The normalized spacial score (nSPS) is 12.0. The molecular weight excluding hydrogens is 156 g/mol. The van der Waals surface area contributed by atoms with Gasteiger partial charge in [-0.25, -0.2) is 0 Å². The minimum atomic E-state index is 0.420. The highest BCUT2D eigenvalue weighted by Gasteiger charge is 1.97. The monoisotopic (exact) mass is 172 g/mol. The molecule has 0 aromatic heterocycles. The highest BCUT2D eigenvalue weighted by molar-refractivity contribution is 5.14. The van der Waals surface area contributed by atoms with Gasteiger partial charge in [0.2, 0.25) is 0 Å². The maximum absolute atomic E-state index is 5.30. The van der Waals surface area contributed by atoms with Crippen LogP contribution in [0, 0.1) is 18.3 Å². The predicted molar refractivity (Wildman–Crippen MR) is 57.4 cm³/mol. The number of benzene rings is 1. The molecule has 1 unspecified atom stereocenters. The molecular formula is C13H16. The molecule has 0 heterocycles. The Morgan fingerprint density at radius 3 is 2.62 bits per heavy atom. The largest absolute Gasteiger partial charge is 0.120 e. The van der Waals surface area contributed by atoms with Gasteiger partial charge in [0.05, 0.1) is 0 Å². The van der Waals surface area contributed by atoms with Crippen LogP contribution in [-0.2, 0) is 6.42 Å². The molecule has 1 atom stereocenters. The molecule has 0 spiro atoms. The molecule has 13 heavy (non-hydrogen) atoms. The minimum Gasteiger partial charge on any atom is -0.120 e. The van der Waals surface area contributed by atoms with Gasteiger partial charge in [-0.05, 0) is 24.8 Å². The van der Waals surface area contributed by atoms with E-state index in [1.54, 1.807) is 0 Å². The Balaban J connectivity index is 2.25. The Labute approximate surface area is 81.0 Å². The lowest BCUT2D eigenvalue weighted by molar-refractivity contribution is 0.623. The van der Waals surface area contributed by atoms with Crippen molar-refractivity contribution >= 4 is 0 Å². The van der Waals surface area contributed by atoms with Crippen molar-refractivity contribution in [3.05, 3.63) is 35.9 Å². The Kier molecular flexibility index (Phi) is 4.12. The van der Waals surface area contributed by atoms with E-state index in [1.165, 1.54) is 12.0 Å². The first-order valence-corrected chi connectivity index (χ1v) is 4.83. The van der Waals surface area contributed by atoms with E-state index in [1.807, 2.05) is 6.07 Å². The molecule has 0 saturated heterocycles. The number of rotatable bonds is 4. The van der Waals surface area contributed by atoms with Gasteiger partial charge in [-0.1, -0.05) is 37.3 Å². The van der Waals surface area contributed by atoms with Gasteiger partial charge in [-0.3, -0.25) is 0 Å². The molecule has 0 fully saturated rings. The van der Waals surface area contributed by atoms with Crippen LogP contribution < -0.4 is 0 Å². The third-order valence-electron chi connectivity index (χ3n) is 2.23. The van der Waals surface area contributed by atoms with Gasteiger partial charge < -0.3 is 0 Å². The lowest BCUT2D eigenvalue weighted by atomic mass is 10.0. The third-order valence-corrected chi connectivity index (χ3v) is 2.23. The summed E-state index contributed by atoms with van der Waals surface area (Å²) in [6.07, 6.45) is 8.77. The Morgan fingerprint density at radius 1 is 1.31 bits per heavy atom. The summed E-state index contributed by atoms with van der Waals surface area (Å²) in [6, 6.07) is 10.6. The molecule has 68 valence electrons. The van der Waals surface area contributed by atoms with E-state index in [0.29, 0.717) is 5.92 Å². The standard InChI is InChI=1S/C13H16/c1-3-12(2)8-7-11-13-9-5-4-6-10-13/h1,4-6,9-10,12H,7-8,11H2,2H3. The molecule has 1 aromatic carbocycles. The van der Waals surface area contributed by atoms with Crippen LogP contribution in [0.25, 0.3) is 0 Å². The van der Waals surface area contributed by atoms with Crippen LogP contribution in [-0.4, -0.2) is 0 Å². The number of aryl methyl sites for hydroxylation is 1. The van der Waals surface area contributed by atoms with E-state index >= 15 is 0 Å². The van der Waals surface area contributed by atoms with Crippen molar-refractivity contribution in [2.75, 3.05) is 0 Å². The summed E-state index contributed by atoms with van der Waals surface area (Å²) in [5.74, 6) is 3.17. The smallest absolute Gasteiger partial charge is 0.0172 e. The first-order valence-electron chi connectivity index (χ1n) is 4.83. The van der Waals surface area contributed by atoms with Crippen LogP contribution >= 0.6 is 0 Å².